The molecular weight excluding hydrogens is 280 g/mol. The van der Waals surface area contributed by atoms with E-state index in [0.29, 0.717) is 0 Å². The van der Waals surface area contributed by atoms with Gasteiger partial charge >= 0.3 is 0 Å². The molecule has 16 heavy (non-hydrogen) atoms. The van der Waals surface area contributed by atoms with E-state index < -0.39 is 14.2 Å². The zero-order valence-corrected chi connectivity index (χ0v) is 12.7. The van der Waals surface area contributed by atoms with E-state index in [2.05, 4.69) is 42.1 Å². The molecule has 0 saturated carbocycles. The van der Waals surface area contributed by atoms with Gasteiger partial charge in [0, 0.05) is 10.0 Å². The Hall–Kier alpha value is -0.383. The van der Waals surface area contributed by atoms with Gasteiger partial charge in [-0.3, -0.25) is 0 Å². The first-order chi connectivity index (χ1) is 7.36. The van der Waals surface area contributed by atoms with Crippen molar-refractivity contribution < 1.29 is 5.11 Å². The maximum Gasteiger partial charge on any atom is 0.0828 e. The number of aliphatic hydroxyl groups is 1. The van der Waals surface area contributed by atoms with Crippen molar-refractivity contribution in [2.45, 2.75) is 31.3 Å². The zero-order chi connectivity index (χ0) is 12.3. The van der Waals surface area contributed by atoms with Crippen LogP contribution < -0.4 is 0 Å². The summed E-state index contributed by atoms with van der Waals surface area (Å²) in [5, 5.41) is 10.4. The minimum atomic E-state index is -1.43. The monoisotopic (exact) mass is 298 g/mol. The molecule has 0 heterocycles. The molecule has 0 bridgehead atoms. The smallest absolute Gasteiger partial charge is 0.0828 e. The minimum Gasteiger partial charge on any atom is -0.388 e. The van der Waals surface area contributed by atoms with E-state index in [9.17, 15) is 5.11 Å². The van der Waals surface area contributed by atoms with Crippen LogP contribution >= 0.6 is 15.9 Å². The van der Waals surface area contributed by atoms with E-state index in [1.807, 2.05) is 30.3 Å². The van der Waals surface area contributed by atoms with Crippen molar-refractivity contribution in [1.82, 2.24) is 0 Å². The Kier molecular flexibility index (Phi) is 4.53. The SMILES string of the molecule is C=C[C@H]([C@@H](O)c1ccc(Br)cc1)[Si](C)(C)C. The lowest BCUT2D eigenvalue weighted by molar-refractivity contribution is 0.179. The van der Waals surface area contributed by atoms with Gasteiger partial charge in [-0.2, -0.15) is 0 Å². The quantitative estimate of drug-likeness (QED) is 0.646. The van der Waals surface area contributed by atoms with Crippen LogP contribution in [0.1, 0.15) is 11.7 Å². The Morgan fingerprint density at radius 2 is 1.75 bits per heavy atom. The van der Waals surface area contributed by atoms with Crippen LogP contribution in [0.3, 0.4) is 0 Å². The average Bonchev–Trinajstić information content (AvgIpc) is 2.17. The van der Waals surface area contributed by atoms with Gasteiger partial charge in [-0.1, -0.05) is 53.8 Å². The van der Waals surface area contributed by atoms with Crippen LogP contribution in [0.15, 0.2) is 41.4 Å². The topological polar surface area (TPSA) is 20.2 Å². The van der Waals surface area contributed by atoms with E-state index in [1.165, 1.54) is 0 Å². The summed E-state index contributed by atoms with van der Waals surface area (Å²) in [6, 6.07) is 7.85. The highest BCUT2D eigenvalue weighted by atomic mass is 79.9. The molecule has 0 saturated heterocycles. The van der Waals surface area contributed by atoms with Gasteiger partial charge in [-0.15, -0.1) is 6.58 Å². The fourth-order valence-corrected chi connectivity index (χ4v) is 3.93. The highest BCUT2D eigenvalue weighted by molar-refractivity contribution is 9.10. The Morgan fingerprint density at radius 1 is 1.25 bits per heavy atom. The largest absolute Gasteiger partial charge is 0.388 e. The molecule has 0 fully saturated rings. The normalized spacial score (nSPS) is 15.6. The van der Waals surface area contributed by atoms with Crippen LogP contribution in [0.2, 0.25) is 25.2 Å². The molecule has 0 aliphatic rings. The second kappa shape index (κ2) is 5.30. The lowest BCUT2D eigenvalue weighted by Gasteiger charge is -2.30. The molecule has 1 nitrogen and oxygen atoms in total. The Labute approximate surface area is 107 Å². The summed E-state index contributed by atoms with van der Waals surface area (Å²) < 4.78 is 1.03. The molecule has 3 heteroatoms. The van der Waals surface area contributed by atoms with Gasteiger partial charge in [0.05, 0.1) is 14.2 Å². The average molecular weight is 299 g/mol. The number of hydrogen-bond donors (Lipinski definition) is 1. The molecule has 0 aliphatic heterocycles. The van der Waals surface area contributed by atoms with Gasteiger partial charge in [-0.25, -0.2) is 0 Å². The minimum absolute atomic E-state index is 0.189. The third-order valence-corrected chi connectivity index (χ3v) is 5.89. The molecular formula is C13H19BrOSi. The molecule has 1 N–H and O–H groups in total. The van der Waals surface area contributed by atoms with Gasteiger partial charge in [0.1, 0.15) is 0 Å². The van der Waals surface area contributed by atoms with E-state index in [1.54, 1.807) is 0 Å². The van der Waals surface area contributed by atoms with Crippen molar-refractivity contribution >= 4 is 24.0 Å². The Balaban J connectivity index is 2.95. The predicted octanol–water partition coefficient (Wildman–Crippen LogP) is 4.38. The van der Waals surface area contributed by atoms with Crippen LogP contribution in [0.25, 0.3) is 0 Å². The van der Waals surface area contributed by atoms with Crippen molar-refractivity contribution in [3.63, 3.8) is 0 Å². The third-order valence-electron chi connectivity index (χ3n) is 2.81. The lowest BCUT2D eigenvalue weighted by atomic mass is 10.1. The van der Waals surface area contributed by atoms with Crippen molar-refractivity contribution in [2.75, 3.05) is 0 Å². The molecule has 1 aromatic rings. The Bertz CT molecular complexity index is 353. The summed E-state index contributed by atoms with van der Waals surface area (Å²) >= 11 is 3.40. The summed E-state index contributed by atoms with van der Waals surface area (Å²) in [5.41, 5.74) is 1.16. The van der Waals surface area contributed by atoms with Crippen molar-refractivity contribution in [2.24, 2.45) is 0 Å². The molecule has 0 spiro atoms. The summed E-state index contributed by atoms with van der Waals surface area (Å²) in [7, 11) is -1.43. The molecule has 0 aromatic heterocycles. The van der Waals surface area contributed by atoms with Gasteiger partial charge < -0.3 is 5.11 Å². The van der Waals surface area contributed by atoms with Gasteiger partial charge in [0.25, 0.3) is 0 Å². The van der Waals surface area contributed by atoms with Crippen molar-refractivity contribution in [1.29, 1.82) is 0 Å². The molecule has 0 aliphatic carbocycles. The number of hydrogen-bond acceptors (Lipinski definition) is 1. The van der Waals surface area contributed by atoms with Crippen LogP contribution in [-0.2, 0) is 0 Å². The van der Waals surface area contributed by atoms with Crippen molar-refractivity contribution in [3.05, 3.63) is 47.0 Å². The number of rotatable bonds is 4. The van der Waals surface area contributed by atoms with E-state index >= 15 is 0 Å². The van der Waals surface area contributed by atoms with Crippen LogP contribution in [0, 0.1) is 0 Å². The van der Waals surface area contributed by atoms with Crippen LogP contribution in [0.5, 0.6) is 0 Å². The van der Waals surface area contributed by atoms with Gasteiger partial charge in [0.2, 0.25) is 0 Å². The van der Waals surface area contributed by atoms with E-state index in [-0.39, 0.29) is 5.54 Å². The number of benzene rings is 1. The number of halogens is 1. The first-order valence-corrected chi connectivity index (χ1v) is 9.79. The maximum absolute atomic E-state index is 10.4. The third kappa shape index (κ3) is 3.30. The summed E-state index contributed by atoms with van der Waals surface area (Å²) in [5.74, 6) is 0. The fraction of sp³-hybridized carbons (Fsp3) is 0.385. The highest BCUT2D eigenvalue weighted by Crippen LogP contribution is 2.36. The first kappa shape index (κ1) is 13.7. The predicted molar refractivity (Wildman–Crippen MR) is 76.4 cm³/mol. The van der Waals surface area contributed by atoms with E-state index in [0.717, 1.165) is 10.0 Å². The molecule has 88 valence electrons. The molecule has 1 rings (SSSR count). The van der Waals surface area contributed by atoms with Gasteiger partial charge in [-0.05, 0) is 17.7 Å². The molecule has 1 aromatic carbocycles. The molecule has 0 radical (unpaired) electrons. The second-order valence-electron chi connectivity index (χ2n) is 5.12. The summed E-state index contributed by atoms with van der Waals surface area (Å²) in [4.78, 5) is 0. The maximum atomic E-state index is 10.4. The van der Waals surface area contributed by atoms with Gasteiger partial charge in [0.15, 0.2) is 0 Å². The van der Waals surface area contributed by atoms with E-state index in [4.69, 9.17) is 0 Å². The van der Waals surface area contributed by atoms with Crippen molar-refractivity contribution in [3.8, 4) is 0 Å². The summed E-state index contributed by atoms with van der Waals surface area (Å²) in [6.07, 6.45) is 1.47. The molecule has 0 amide bonds. The second-order valence-corrected chi connectivity index (χ2v) is 11.4. The number of aliphatic hydroxyl groups excluding tert-OH is 1. The standard InChI is InChI=1S/C13H19BrOSi/c1-5-12(16(2,3)4)13(15)10-6-8-11(14)9-7-10/h5-9,12-13,15H,1H2,2-4H3/t12-,13+/m1/s1. The fourth-order valence-electron chi connectivity index (χ4n) is 1.82. The molecule has 2 atom stereocenters. The first-order valence-electron chi connectivity index (χ1n) is 5.42. The van der Waals surface area contributed by atoms with Crippen LogP contribution in [-0.4, -0.2) is 13.2 Å². The zero-order valence-electron chi connectivity index (χ0n) is 10.1. The van der Waals surface area contributed by atoms with Crippen LogP contribution in [0.4, 0.5) is 0 Å². The Morgan fingerprint density at radius 3 is 2.12 bits per heavy atom. The molecule has 0 unspecified atom stereocenters. The lowest BCUT2D eigenvalue weighted by Crippen LogP contribution is -2.31. The summed E-state index contributed by atoms with van der Waals surface area (Å²) in [6.45, 7) is 10.6. The highest BCUT2D eigenvalue weighted by Gasteiger charge is 2.30.